The maximum absolute atomic E-state index is 12.4. The lowest BCUT2D eigenvalue weighted by atomic mass is 10.2. The van der Waals surface area contributed by atoms with E-state index in [-0.39, 0.29) is 17.1 Å². The van der Waals surface area contributed by atoms with Crippen molar-refractivity contribution in [3.05, 3.63) is 41.3 Å². The van der Waals surface area contributed by atoms with E-state index in [1.807, 2.05) is 0 Å². The second-order valence-corrected chi connectivity index (χ2v) is 4.03. The average Bonchev–Trinajstić information content (AvgIpc) is 2.78. The minimum Gasteiger partial charge on any atom is -0.307 e. The molecule has 0 aromatic carbocycles. The van der Waals surface area contributed by atoms with Crippen LogP contribution in [0.4, 0.5) is 19.0 Å². The lowest BCUT2D eigenvalue weighted by Gasteiger charge is -2.07. The highest BCUT2D eigenvalue weighted by atomic mass is 19.4. The number of aryl methyl sites for hydroxylation is 1. The molecule has 6 nitrogen and oxygen atoms in total. The molecule has 0 atom stereocenters. The number of hydrogen-bond acceptors (Lipinski definition) is 4. The molecule has 1 amide bonds. The number of hydrogen-bond donors (Lipinski definition) is 1. The number of aromatic nitrogens is 3. The molecule has 0 aliphatic heterocycles. The second-order valence-electron chi connectivity index (χ2n) is 4.03. The molecule has 0 saturated carbocycles. The highest BCUT2D eigenvalue weighted by molar-refractivity contribution is 6.03. The highest BCUT2D eigenvalue weighted by Crippen LogP contribution is 2.27. The van der Waals surface area contributed by atoms with Crippen LogP contribution < -0.4 is 5.32 Å². The Morgan fingerprint density at radius 3 is 2.62 bits per heavy atom. The van der Waals surface area contributed by atoms with Crippen LogP contribution in [-0.4, -0.2) is 20.7 Å². The third-order valence-corrected chi connectivity index (χ3v) is 2.55. The lowest BCUT2D eigenvalue weighted by molar-refractivity contribution is -0.141. The fraction of sp³-hybridized carbons (Fsp3) is 0.167. The largest absolute Gasteiger partial charge is 0.433 e. The molecule has 0 aliphatic carbocycles. The minimum atomic E-state index is -4.56. The zero-order chi connectivity index (χ0) is 15.6. The number of carbonyl (C=O) groups excluding carboxylic acids is 1. The Morgan fingerprint density at radius 1 is 1.43 bits per heavy atom. The molecule has 0 radical (unpaired) electrons. The molecule has 0 saturated heterocycles. The first kappa shape index (κ1) is 14.5. The minimum absolute atomic E-state index is 0.0392. The molecule has 21 heavy (non-hydrogen) atoms. The number of rotatable bonds is 2. The van der Waals surface area contributed by atoms with Gasteiger partial charge in [0.2, 0.25) is 0 Å². The summed E-state index contributed by atoms with van der Waals surface area (Å²) in [6.07, 6.45) is -3.72. The Kier molecular flexibility index (Phi) is 3.62. The summed E-state index contributed by atoms with van der Waals surface area (Å²) in [5.74, 6) is -0.403. The fourth-order valence-corrected chi connectivity index (χ4v) is 1.52. The van der Waals surface area contributed by atoms with Gasteiger partial charge in [-0.3, -0.25) is 14.5 Å². The van der Waals surface area contributed by atoms with Gasteiger partial charge in [-0.15, -0.1) is 0 Å². The first-order chi connectivity index (χ1) is 9.81. The topological polar surface area (TPSA) is 83.6 Å². The fourth-order valence-electron chi connectivity index (χ4n) is 1.52. The van der Waals surface area contributed by atoms with Gasteiger partial charge in [0.15, 0.2) is 5.69 Å². The van der Waals surface area contributed by atoms with Crippen molar-refractivity contribution in [3.63, 3.8) is 0 Å². The normalized spacial score (nSPS) is 11.0. The highest BCUT2D eigenvalue weighted by Gasteiger charge is 2.32. The summed E-state index contributed by atoms with van der Waals surface area (Å²) in [6.45, 7) is 0. The molecule has 9 heteroatoms. The molecule has 108 valence electrons. The summed E-state index contributed by atoms with van der Waals surface area (Å²) in [5.41, 5.74) is -1.01. The summed E-state index contributed by atoms with van der Waals surface area (Å²) in [6, 6.07) is 4.89. The number of halogens is 3. The maximum Gasteiger partial charge on any atom is 0.433 e. The van der Waals surface area contributed by atoms with E-state index in [1.165, 1.54) is 17.8 Å². The standard InChI is InChI=1S/C12H8F3N5O/c1-20-10(4-8(5-16)19-20)18-11(21)7-2-3-9(17-6-7)12(13,14)15/h2-4,6H,1H3,(H,18,21). The summed E-state index contributed by atoms with van der Waals surface area (Å²) < 4.78 is 38.3. The van der Waals surface area contributed by atoms with Gasteiger partial charge in [0, 0.05) is 19.3 Å². The van der Waals surface area contributed by atoms with Crippen molar-refractivity contribution >= 4 is 11.7 Å². The number of pyridine rings is 1. The van der Waals surface area contributed by atoms with Crippen LogP contribution in [0.1, 0.15) is 21.7 Å². The number of nitrogens with one attached hydrogen (secondary N) is 1. The molecule has 0 spiro atoms. The van der Waals surface area contributed by atoms with Gasteiger partial charge in [0.25, 0.3) is 5.91 Å². The molecular formula is C12H8F3N5O. The monoisotopic (exact) mass is 295 g/mol. The summed E-state index contributed by atoms with van der Waals surface area (Å²) in [4.78, 5) is 15.1. The quantitative estimate of drug-likeness (QED) is 0.918. The Hall–Kier alpha value is -2.89. The van der Waals surface area contributed by atoms with Crippen LogP contribution in [0, 0.1) is 11.3 Å². The third-order valence-electron chi connectivity index (χ3n) is 2.55. The Balaban J connectivity index is 2.17. The van der Waals surface area contributed by atoms with Gasteiger partial charge in [-0.2, -0.15) is 23.5 Å². The van der Waals surface area contributed by atoms with Gasteiger partial charge >= 0.3 is 6.18 Å². The van der Waals surface area contributed by atoms with Gasteiger partial charge in [0.05, 0.1) is 5.56 Å². The number of amides is 1. The van der Waals surface area contributed by atoms with Crippen molar-refractivity contribution in [3.8, 4) is 6.07 Å². The van der Waals surface area contributed by atoms with Crippen LogP contribution in [0.3, 0.4) is 0 Å². The van der Waals surface area contributed by atoms with Crippen molar-refractivity contribution in [2.75, 3.05) is 5.32 Å². The van der Waals surface area contributed by atoms with E-state index in [1.54, 1.807) is 6.07 Å². The van der Waals surface area contributed by atoms with Gasteiger partial charge in [-0.1, -0.05) is 0 Å². The second kappa shape index (κ2) is 5.24. The van der Waals surface area contributed by atoms with Crippen molar-refractivity contribution in [2.24, 2.45) is 7.05 Å². The predicted molar refractivity (Wildman–Crippen MR) is 65.1 cm³/mol. The average molecular weight is 295 g/mol. The van der Waals surface area contributed by atoms with Gasteiger partial charge in [-0.05, 0) is 12.1 Å². The molecule has 2 aromatic heterocycles. The predicted octanol–water partition coefficient (Wildman–Crippen LogP) is 1.96. The van der Waals surface area contributed by atoms with Crippen molar-refractivity contribution in [2.45, 2.75) is 6.18 Å². The van der Waals surface area contributed by atoms with E-state index in [0.717, 1.165) is 18.3 Å². The van der Waals surface area contributed by atoms with E-state index in [2.05, 4.69) is 15.4 Å². The molecule has 2 aromatic rings. The van der Waals surface area contributed by atoms with E-state index in [9.17, 15) is 18.0 Å². The van der Waals surface area contributed by atoms with Crippen LogP contribution >= 0.6 is 0 Å². The van der Waals surface area contributed by atoms with E-state index in [0.29, 0.717) is 0 Å². The van der Waals surface area contributed by atoms with Gasteiger partial charge in [0.1, 0.15) is 17.6 Å². The molecule has 2 heterocycles. The van der Waals surface area contributed by atoms with E-state index in [4.69, 9.17) is 5.26 Å². The number of carbonyl (C=O) groups is 1. The van der Waals surface area contributed by atoms with Crippen LogP contribution in [0.15, 0.2) is 24.4 Å². The Morgan fingerprint density at radius 2 is 2.14 bits per heavy atom. The summed E-state index contributed by atoms with van der Waals surface area (Å²) in [7, 11) is 1.52. The SMILES string of the molecule is Cn1nc(C#N)cc1NC(=O)c1ccc(C(F)(F)F)nc1. The number of nitriles is 1. The first-order valence-corrected chi connectivity index (χ1v) is 5.60. The van der Waals surface area contributed by atoms with Crippen LogP contribution in [-0.2, 0) is 13.2 Å². The molecule has 0 fully saturated rings. The number of nitrogens with zero attached hydrogens (tertiary/aromatic N) is 4. The van der Waals surface area contributed by atoms with Crippen LogP contribution in [0.25, 0.3) is 0 Å². The first-order valence-electron chi connectivity index (χ1n) is 5.60. The zero-order valence-corrected chi connectivity index (χ0v) is 10.6. The smallest absolute Gasteiger partial charge is 0.307 e. The summed E-state index contributed by atoms with van der Waals surface area (Å²) >= 11 is 0. The van der Waals surface area contributed by atoms with Gasteiger partial charge < -0.3 is 5.32 Å². The molecule has 0 bridgehead atoms. The molecular weight excluding hydrogens is 287 g/mol. The van der Waals surface area contributed by atoms with Gasteiger partial charge in [-0.25, -0.2) is 0 Å². The van der Waals surface area contributed by atoms with Crippen molar-refractivity contribution in [1.82, 2.24) is 14.8 Å². The Labute approximate surface area is 116 Å². The maximum atomic E-state index is 12.4. The Bertz CT molecular complexity index is 712. The van der Waals surface area contributed by atoms with Crippen LogP contribution in [0.2, 0.25) is 0 Å². The zero-order valence-electron chi connectivity index (χ0n) is 10.6. The van der Waals surface area contributed by atoms with Crippen molar-refractivity contribution < 1.29 is 18.0 Å². The molecule has 0 unspecified atom stereocenters. The van der Waals surface area contributed by atoms with Crippen LogP contribution in [0.5, 0.6) is 0 Å². The van der Waals surface area contributed by atoms with E-state index >= 15 is 0 Å². The number of alkyl halides is 3. The lowest BCUT2D eigenvalue weighted by Crippen LogP contribution is -2.16. The summed E-state index contributed by atoms with van der Waals surface area (Å²) in [5, 5.41) is 14.9. The number of anilines is 1. The third kappa shape index (κ3) is 3.17. The molecule has 2 rings (SSSR count). The molecule has 0 aliphatic rings. The van der Waals surface area contributed by atoms with Crippen molar-refractivity contribution in [1.29, 1.82) is 5.26 Å². The molecule has 1 N–H and O–H groups in total. The van der Waals surface area contributed by atoms with E-state index < -0.39 is 17.8 Å².